The molecule has 130 valence electrons. The monoisotopic (exact) mass is 332 g/mol. The molecule has 4 nitrogen and oxygen atoms in total. The molecular weight excluding hydrogens is 307 g/mol. The van der Waals surface area contributed by atoms with E-state index in [-0.39, 0.29) is 17.8 Å². The summed E-state index contributed by atoms with van der Waals surface area (Å²) < 4.78 is 19.7. The van der Waals surface area contributed by atoms with E-state index in [1.165, 1.54) is 18.9 Å². The number of ether oxygens (including phenoxy) is 1. The van der Waals surface area contributed by atoms with Gasteiger partial charge in [0.2, 0.25) is 5.91 Å². The normalized spacial score (nSPS) is 32.8. The van der Waals surface area contributed by atoms with E-state index in [4.69, 9.17) is 4.74 Å². The molecule has 2 bridgehead atoms. The van der Waals surface area contributed by atoms with E-state index < -0.39 is 0 Å². The van der Waals surface area contributed by atoms with Crippen molar-refractivity contribution in [2.45, 2.75) is 50.3 Å². The van der Waals surface area contributed by atoms with Crippen LogP contribution in [0, 0.1) is 11.7 Å². The quantitative estimate of drug-likeness (QED) is 0.925. The Balaban J connectivity index is 1.37. The van der Waals surface area contributed by atoms with Crippen LogP contribution in [0.4, 0.5) is 4.39 Å². The summed E-state index contributed by atoms with van der Waals surface area (Å²) >= 11 is 0. The Bertz CT molecular complexity index is 597. The molecule has 3 heterocycles. The number of amides is 1. The van der Waals surface area contributed by atoms with Crippen molar-refractivity contribution < 1.29 is 13.9 Å². The number of benzene rings is 1. The van der Waals surface area contributed by atoms with Crippen LogP contribution in [0.3, 0.4) is 0 Å². The summed E-state index contributed by atoms with van der Waals surface area (Å²) in [6.07, 6.45) is 5.00. The number of hydrogen-bond acceptors (Lipinski definition) is 3. The zero-order valence-electron chi connectivity index (χ0n) is 13.9. The minimum absolute atomic E-state index is 0.200. The molecule has 0 aliphatic carbocycles. The maximum atomic E-state index is 14.0. The van der Waals surface area contributed by atoms with Gasteiger partial charge in [-0.1, -0.05) is 18.2 Å². The molecule has 0 radical (unpaired) electrons. The van der Waals surface area contributed by atoms with Gasteiger partial charge in [-0.2, -0.15) is 0 Å². The predicted molar refractivity (Wildman–Crippen MR) is 89.0 cm³/mol. The predicted octanol–water partition coefficient (Wildman–Crippen LogP) is 2.65. The topological polar surface area (TPSA) is 41.6 Å². The SMILES string of the molecule is O=C(CC1CC2CCC(C1)N2)N1CCOC(c2ccccc2F)C1. The Hall–Kier alpha value is -1.46. The highest BCUT2D eigenvalue weighted by Crippen LogP contribution is 2.33. The molecule has 1 aromatic carbocycles. The van der Waals surface area contributed by atoms with Crippen molar-refractivity contribution in [2.24, 2.45) is 5.92 Å². The first-order valence-electron chi connectivity index (χ1n) is 9.09. The van der Waals surface area contributed by atoms with Gasteiger partial charge in [-0.15, -0.1) is 0 Å². The van der Waals surface area contributed by atoms with Crippen molar-refractivity contribution in [3.8, 4) is 0 Å². The highest BCUT2D eigenvalue weighted by atomic mass is 19.1. The van der Waals surface area contributed by atoms with Gasteiger partial charge in [0.25, 0.3) is 0 Å². The molecular formula is C19H25FN2O2. The molecule has 1 amide bonds. The standard InChI is InChI=1S/C19H25FN2O2/c20-17-4-2-1-3-16(17)18-12-22(7-8-24-18)19(23)11-13-9-14-5-6-15(10-13)21-14/h1-4,13-15,18,21H,5-12H2. The Morgan fingerprint density at radius 1 is 1.25 bits per heavy atom. The van der Waals surface area contributed by atoms with E-state index in [2.05, 4.69) is 5.32 Å². The average molecular weight is 332 g/mol. The van der Waals surface area contributed by atoms with Gasteiger partial charge < -0.3 is 15.0 Å². The zero-order chi connectivity index (χ0) is 16.5. The minimum atomic E-state index is -0.354. The molecule has 1 N–H and O–H groups in total. The molecule has 24 heavy (non-hydrogen) atoms. The number of piperidine rings is 1. The summed E-state index contributed by atoms with van der Waals surface area (Å²) in [5, 5.41) is 3.62. The molecule has 1 aromatic rings. The van der Waals surface area contributed by atoms with Crippen molar-refractivity contribution in [3.63, 3.8) is 0 Å². The number of morpholine rings is 1. The summed E-state index contributed by atoms with van der Waals surface area (Å²) in [5.41, 5.74) is 0.551. The van der Waals surface area contributed by atoms with Crippen molar-refractivity contribution >= 4 is 5.91 Å². The number of halogens is 1. The molecule has 5 heteroatoms. The Labute approximate surface area is 142 Å². The van der Waals surface area contributed by atoms with Gasteiger partial charge in [0.1, 0.15) is 11.9 Å². The van der Waals surface area contributed by atoms with Crippen LogP contribution in [0.15, 0.2) is 24.3 Å². The Kier molecular flexibility index (Phi) is 4.55. The fraction of sp³-hybridized carbons (Fsp3) is 0.632. The van der Waals surface area contributed by atoms with E-state index in [0.717, 1.165) is 12.8 Å². The molecule has 3 aliphatic heterocycles. The Morgan fingerprint density at radius 2 is 2.00 bits per heavy atom. The van der Waals surface area contributed by atoms with Crippen molar-refractivity contribution in [1.29, 1.82) is 0 Å². The number of hydrogen-bond donors (Lipinski definition) is 1. The van der Waals surface area contributed by atoms with Crippen LogP contribution in [-0.2, 0) is 9.53 Å². The minimum Gasteiger partial charge on any atom is -0.370 e. The van der Waals surface area contributed by atoms with Crippen molar-refractivity contribution in [1.82, 2.24) is 10.2 Å². The smallest absolute Gasteiger partial charge is 0.223 e. The number of nitrogens with zero attached hydrogens (tertiary/aromatic N) is 1. The van der Waals surface area contributed by atoms with Crippen LogP contribution in [0.5, 0.6) is 0 Å². The molecule has 0 aromatic heterocycles. The van der Waals surface area contributed by atoms with Crippen LogP contribution in [0.1, 0.15) is 43.8 Å². The van der Waals surface area contributed by atoms with E-state index in [9.17, 15) is 9.18 Å². The van der Waals surface area contributed by atoms with Gasteiger partial charge >= 0.3 is 0 Å². The fourth-order valence-electron chi connectivity index (χ4n) is 4.52. The van der Waals surface area contributed by atoms with Crippen LogP contribution < -0.4 is 5.32 Å². The van der Waals surface area contributed by atoms with Crippen LogP contribution in [0.25, 0.3) is 0 Å². The first-order chi connectivity index (χ1) is 11.7. The molecule has 3 fully saturated rings. The highest BCUT2D eigenvalue weighted by molar-refractivity contribution is 5.76. The third-order valence-corrected chi connectivity index (χ3v) is 5.71. The van der Waals surface area contributed by atoms with Crippen LogP contribution in [-0.4, -0.2) is 42.6 Å². The lowest BCUT2D eigenvalue weighted by Gasteiger charge is -2.35. The summed E-state index contributed by atoms with van der Waals surface area (Å²) in [4.78, 5) is 14.6. The number of nitrogens with one attached hydrogen (secondary N) is 1. The van der Waals surface area contributed by atoms with Gasteiger partial charge in [-0.05, 0) is 37.7 Å². The van der Waals surface area contributed by atoms with Gasteiger partial charge in [0.05, 0.1) is 13.2 Å². The van der Waals surface area contributed by atoms with Crippen molar-refractivity contribution in [2.75, 3.05) is 19.7 Å². The fourth-order valence-corrected chi connectivity index (χ4v) is 4.52. The van der Waals surface area contributed by atoms with Gasteiger partial charge in [0.15, 0.2) is 0 Å². The summed E-state index contributed by atoms with van der Waals surface area (Å²) in [5.74, 6) is 0.434. The van der Waals surface area contributed by atoms with E-state index in [1.807, 2.05) is 11.0 Å². The lowest BCUT2D eigenvalue weighted by Crippen LogP contribution is -2.44. The third kappa shape index (κ3) is 3.33. The maximum absolute atomic E-state index is 14.0. The van der Waals surface area contributed by atoms with Gasteiger partial charge in [-0.3, -0.25) is 4.79 Å². The lowest BCUT2D eigenvalue weighted by molar-refractivity contribution is -0.140. The Morgan fingerprint density at radius 3 is 2.75 bits per heavy atom. The number of fused-ring (bicyclic) bond motifs is 2. The molecule has 4 rings (SSSR count). The maximum Gasteiger partial charge on any atom is 0.223 e. The molecule has 3 atom stereocenters. The lowest BCUT2D eigenvalue weighted by atomic mass is 9.89. The van der Waals surface area contributed by atoms with Gasteiger partial charge in [0, 0.05) is 30.6 Å². The molecule has 3 unspecified atom stereocenters. The van der Waals surface area contributed by atoms with E-state index in [0.29, 0.717) is 49.7 Å². The third-order valence-electron chi connectivity index (χ3n) is 5.71. The highest BCUT2D eigenvalue weighted by Gasteiger charge is 2.35. The molecule has 3 aliphatic rings. The first kappa shape index (κ1) is 16.0. The first-order valence-corrected chi connectivity index (χ1v) is 9.09. The number of carbonyl (C=O) groups excluding carboxylic acids is 1. The summed E-state index contributed by atoms with van der Waals surface area (Å²) in [6, 6.07) is 7.90. The summed E-state index contributed by atoms with van der Waals surface area (Å²) in [7, 11) is 0. The molecule has 3 saturated heterocycles. The average Bonchev–Trinajstić information content (AvgIpc) is 2.94. The van der Waals surface area contributed by atoms with Gasteiger partial charge in [-0.25, -0.2) is 4.39 Å². The second kappa shape index (κ2) is 6.81. The number of carbonyl (C=O) groups is 1. The zero-order valence-corrected chi connectivity index (χ0v) is 13.9. The largest absolute Gasteiger partial charge is 0.370 e. The van der Waals surface area contributed by atoms with Crippen LogP contribution in [0.2, 0.25) is 0 Å². The van der Waals surface area contributed by atoms with E-state index >= 15 is 0 Å². The van der Waals surface area contributed by atoms with Crippen molar-refractivity contribution in [3.05, 3.63) is 35.6 Å². The van der Waals surface area contributed by atoms with E-state index in [1.54, 1.807) is 12.1 Å². The second-order valence-electron chi connectivity index (χ2n) is 7.40. The molecule has 0 saturated carbocycles. The second-order valence-corrected chi connectivity index (χ2v) is 7.40. The number of rotatable bonds is 3. The molecule has 0 spiro atoms. The van der Waals surface area contributed by atoms with Crippen LogP contribution >= 0.6 is 0 Å². The summed E-state index contributed by atoms with van der Waals surface area (Å²) in [6.45, 7) is 1.54.